The van der Waals surface area contributed by atoms with Crippen LogP contribution in [-0.2, 0) is 4.79 Å². The number of amides is 1. The van der Waals surface area contributed by atoms with E-state index in [2.05, 4.69) is 27.2 Å². The molecule has 4 aromatic rings. The molecule has 0 bridgehead atoms. The van der Waals surface area contributed by atoms with Crippen LogP contribution >= 0.6 is 34.4 Å². The quantitative estimate of drug-likeness (QED) is 0.399. The summed E-state index contributed by atoms with van der Waals surface area (Å²) in [6, 6.07) is 8.09. The maximum Gasteiger partial charge on any atom is 0.253 e. The van der Waals surface area contributed by atoms with Gasteiger partial charge in [-0.05, 0) is 49.2 Å². The molecule has 10 heteroatoms. The van der Waals surface area contributed by atoms with Crippen molar-refractivity contribution >= 4 is 51.8 Å². The summed E-state index contributed by atoms with van der Waals surface area (Å²) >= 11 is 4.63. The van der Waals surface area contributed by atoms with Crippen LogP contribution in [0.25, 0.3) is 5.78 Å². The Hall–Kier alpha value is -2.56. The zero-order valence-corrected chi connectivity index (χ0v) is 19.7. The van der Waals surface area contributed by atoms with Gasteiger partial charge >= 0.3 is 0 Å². The molecule has 0 N–H and O–H groups in total. The molecule has 4 aromatic heterocycles. The molecule has 1 amide bonds. The molecule has 0 saturated carbocycles. The van der Waals surface area contributed by atoms with E-state index in [1.165, 1.54) is 11.8 Å². The van der Waals surface area contributed by atoms with Crippen LogP contribution in [0, 0.1) is 20.8 Å². The second-order valence-electron chi connectivity index (χ2n) is 7.30. The fraction of sp³-hybridized carbons (Fsp3) is 0.286. The highest BCUT2D eigenvalue weighted by atomic mass is 32.2. The first-order valence-electron chi connectivity index (χ1n) is 9.81. The third-order valence-corrected chi connectivity index (χ3v) is 8.12. The number of fused-ring (bicyclic) bond motifs is 1. The van der Waals surface area contributed by atoms with Crippen molar-refractivity contribution in [3.8, 4) is 0 Å². The van der Waals surface area contributed by atoms with Crippen LogP contribution in [0.5, 0.6) is 0 Å². The molecule has 0 fully saturated rings. The topological polar surface area (TPSA) is 75.8 Å². The molecule has 0 saturated heterocycles. The zero-order valence-electron chi connectivity index (χ0n) is 17.3. The molecule has 1 atom stereocenters. The smallest absolute Gasteiger partial charge is 0.253 e. The van der Waals surface area contributed by atoms with Gasteiger partial charge in [0.15, 0.2) is 0 Å². The number of hydrogen-bond donors (Lipinski definition) is 0. The lowest BCUT2D eigenvalue weighted by Crippen LogP contribution is -2.28. The summed E-state index contributed by atoms with van der Waals surface area (Å²) in [5.41, 5.74) is 4.01. The number of hydrogen-bond acceptors (Lipinski definition) is 8. The molecule has 0 unspecified atom stereocenters. The number of hydrazone groups is 1. The molecular weight excluding hydrogens is 448 g/mol. The van der Waals surface area contributed by atoms with Crippen molar-refractivity contribution in [1.29, 1.82) is 0 Å². The van der Waals surface area contributed by atoms with Crippen LogP contribution in [-0.4, -0.2) is 42.0 Å². The standard InChI is InChI=1S/C21H20N6OS3/c1-12-13(2)22-20-23-21(25-26(20)14(12)3)31-11-19(28)27-16(18-7-5-9-30-18)10-15(24-27)17-6-4-8-29-17/h4-9,16H,10-11H2,1-3H3/t16-/m1/s1. The van der Waals surface area contributed by atoms with E-state index < -0.39 is 0 Å². The number of aryl methyl sites for hydroxylation is 2. The van der Waals surface area contributed by atoms with Gasteiger partial charge in [-0.15, -0.1) is 27.8 Å². The lowest BCUT2D eigenvalue weighted by molar-refractivity contribution is -0.130. The number of thioether (sulfide) groups is 1. The summed E-state index contributed by atoms with van der Waals surface area (Å²) in [6.45, 7) is 5.99. The average Bonchev–Trinajstić information content (AvgIpc) is 3.54. The summed E-state index contributed by atoms with van der Waals surface area (Å²) in [6.07, 6.45) is 0.728. The Bertz CT molecular complexity index is 1280. The van der Waals surface area contributed by atoms with Crippen molar-refractivity contribution in [1.82, 2.24) is 24.6 Å². The van der Waals surface area contributed by atoms with Crippen LogP contribution < -0.4 is 0 Å². The van der Waals surface area contributed by atoms with Crippen molar-refractivity contribution in [3.63, 3.8) is 0 Å². The predicted octanol–water partition coefficient (Wildman–Crippen LogP) is 4.64. The van der Waals surface area contributed by atoms with Gasteiger partial charge in [0, 0.05) is 22.7 Å². The third kappa shape index (κ3) is 3.79. The van der Waals surface area contributed by atoms with E-state index in [1.807, 2.05) is 43.7 Å². The van der Waals surface area contributed by atoms with Gasteiger partial charge in [-0.2, -0.15) is 10.1 Å². The number of nitrogens with zero attached hydrogens (tertiary/aromatic N) is 6. The lowest BCUT2D eigenvalue weighted by Gasteiger charge is -2.20. The highest BCUT2D eigenvalue weighted by Gasteiger charge is 2.34. The van der Waals surface area contributed by atoms with Crippen LogP contribution in [0.2, 0.25) is 0 Å². The van der Waals surface area contributed by atoms with Crippen molar-refractivity contribution < 1.29 is 4.79 Å². The Morgan fingerprint density at radius 2 is 1.97 bits per heavy atom. The highest BCUT2D eigenvalue weighted by molar-refractivity contribution is 7.99. The summed E-state index contributed by atoms with van der Waals surface area (Å²) < 4.78 is 1.74. The molecule has 0 spiro atoms. The van der Waals surface area contributed by atoms with E-state index in [-0.39, 0.29) is 17.7 Å². The van der Waals surface area contributed by atoms with Crippen LogP contribution in [0.3, 0.4) is 0 Å². The van der Waals surface area contributed by atoms with E-state index in [4.69, 9.17) is 5.10 Å². The SMILES string of the molecule is Cc1nc2nc(SCC(=O)N3N=C(c4cccs4)C[C@@H]3c3cccs3)nn2c(C)c1C. The minimum atomic E-state index is -0.0616. The van der Waals surface area contributed by atoms with Gasteiger partial charge in [-0.25, -0.2) is 14.5 Å². The van der Waals surface area contributed by atoms with E-state index in [0.717, 1.165) is 38.8 Å². The van der Waals surface area contributed by atoms with E-state index >= 15 is 0 Å². The Kier molecular flexibility index (Phi) is 5.37. The molecule has 0 aliphatic carbocycles. The predicted molar refractivity (Wildman–Crippen MR) is 125 cm³/mol. The summed E-state index contributed by atoms with van der Waals surface area (Å²) in [4.78, 5) is 24.4. The summed E-state index contributed by atoms with van der Waals surface area (Å²) in [7, 11) is 0. The first kappa shape index (κ1) is 20.3. The number of rotatable bonds is 5. The molecule has 158 valence electrons. The van der Waals surface area contributed by atoms with Gasteiger partial charge in [0.25, 0.3) is 11.7 Å². The van der Waals surface area contributed by atoms with Gasteiger partial charge < -0.3 is 0 Å². The van der Waals surface area contributed by atoms with Gasteiger partial charge in [0.2, 0.25) is 5.16 Å². The normalized spacial score (nSPS) is 16.3. The van der Waals surface area contributed by atoms with Crippen molar-refractivity contribution in [2.45, 2.75) is 38.4 Å². The molecular formula is C21H20N6OS3. The molecule has 5 heterocycles. The maximum atomic E-state index is 13.2. The zero-order chi connectivity index (χ0) is 21.5. The van der Waals surface area contributed by atoms with Crippen molar-refractivity contribution in [2.75, 3.05) is 5.75 Å². The molecule has 1 aliphatic rings. The first-order chi connectivity index (χ1) is 15.0. The minimum Gasteiger partial charge on any atom is -0.272 e. The highest BCUT2D eigenvalue weighted by Crippen LogP contribution is 2.36. The largest absolute Gasteiger partial charge is 0.272 e. The number of aromatic nitrogens is 4. The molecule has 0 radical (unpaired) electrons. The Morgan fingerprint density at radius 3 is 2.71 bits per heavy atom. The summed E-state index contributed by atoms with van der Waals surface area (Å²) in [5, 5.41) is 15.5. The van der Waals surface area contributed by atoms with Crippen LogP contribution in [0.4, 0.5) is 0 Å². The molecule has 0 aromatic carbocycles. The molecule has 31 heavy (non-hydrogen) atoms. The molecule has 1 aliphatic heterocycles. The first-order valence-corrected chi connectivity index (χ1v) is 12.6. The second kappa shape index (κ2) is 8.18. The van der Waals surface area contributed by atoms with Crippen LogP contribution in [0.15, 0.2) is 45.3 Å². The Balaban J connectivity index is 1.37. The molecule has 7 nitrogen and oxygen atoms in total. The minimum absolute atomic E-state index is 0.0501. The fourth-order valence-electron chi connectivity index (χ4n) is 3.53. The Labute approximate surface area is 191 Å². The Morgan fingerprint density at radius 1 is 1.16 bits per heavy atom. The second-order valence-corrected chi connectivity index (χ2v) is 10.2. The monoisotopic (exact) mass is 468 g/mol. The number of thiophene rings is 2. The average molecular weight is 469 g/mol. The van der Waals surface area contributed by atoms with Gasteiger partial charge in [0.05, 0.1) is 22.4 Å². The number of carbonyl (C=O) groups is 1. The van der Waals surface area contributed by atoms with E-state index in [0.29, 0.717) is 10.9 Å². The van der Waals surface area contributed by atoms with Crippen molar-refractivity contribution in [2.24, 2.45) is 5.10 Å². The molecule has 5 rings (SSSR count). The van der Waals surface area contributed by atoms with Crippen molar-refractivity contribution in [3.05, 3.63) is 61.7 Å². The maximum absolute atomic E-state index is 13.2. The lowest BCUT2D eigenvalue weighted by atomic mass is 10.1. The van der Waals surface area contributed by atoms with Gasteiger partial charge in [0.1, 0.15) is 0 Å². The van der Waals surface area contributed by atoms with E-state index in [1.54, 1.807) is 32.2 Å². The van der Waals surface area contributed by atoms with Gasteiger partial charge in [-0.1, -0.05) is 23.9 Å². The number of carbonyl (C=O) groups excluding carboxylic acids is 1. The van der Waals surface area contributed by atoms with Crippen LogP contribution in [0.1, 0.15) is 39.2 Å². The van der Waals surface area contributed by atoms with E-state index in [9.17, 15) is 4.79 Å². The van der Waals surface area contributed by atoms with Gasteiger partial charge in [-0.3, -0.25) is 4.79 Å². The third-order valence-electron chi connectivity index (χ3n) is 5.41. The fourth-order valence-corrected chi connectivity index (χ4v) is 5.73. The summed E-state index contributed by atoms with van der Waals surface area (Å²) in [5.74, 6) is 0.730.